The molecule has 0 aliphatic rings. The predicted octanol–water partition coefficient (Wildman–Crippen LogP) is 3.13. The second-order valence-corrected chi connectivity index (χ2v) is 7.99. The maximum atomic E-state index is 12.1. The summed E-state index contributed by atoms with van der Waals surface area (Å²) in [7, 11) is 0. The standard InChI is InChI=1S/C19H21N3O2S2/c1-14(7-8-15-5-3-2-4-6-15)20-17(23)13-25-12-16-11-18(24)22-9-10-26-19(22)21-16/h2-6,9-11,14H,7-8,12-13H2,1H3,(H,20,23)/t14-/m1/s1. The Balaban J connectivity index is 1.41. The van der Waals surface area contributed by atoms with Crippen LogP contribution in [-0.4, -0.2) is 27.1 Å². The van der Waals surface area contributed by atoms with Gasteiger partial charge in [-0.25, -0.2) is 4.98 Å². The van der Waals surface area contributed by atoms with Crippen LogP contribution in [0, 0.1) is 0 Å². The van der Waals surface area contributed by atoms with Gasteiger partial charge in [-0.2, -0.15) is 0 Å². The SMILES string of the molecule is C[C@H](CCc1ccccc1)NC(=O)CSCc1cc(=O)n2ccsc2n1. The van der Waals surface area contributed by atoms with Crippen LogP contribution < -0.4 is 10.9 Å². The summed E-state index contributed by atoms with van der Waals surface area (Å²) in [5.41, 5.74) is 1.92. The van der Waals surface area contributed by atoms with Crippen LogP contribution in [0.25, 0.3) is 4.96 Å². The van der Waals surface area contributed by atoms with Crippen molar-refractivity contribution in [2.75, 3.05) is 5.75 Å². The van der Waals surface area contributed by atoms with E-state index in [1.54, 1.807) is 6.20 Å². The van der Waals surface area contributed by atoms with Gasteiger partial charge in [-0.05, 0) is 25.3 Å². The zero-order valence-corrected chi connectivity index (χ0v) is 16.2. The van der Waals surface area contributed by atoms with Crippen LogP contribution >= 0.6 is 23.1 Å². The third-order valence-electron chi connectivity index (χ3n) is 3.96. The quantitative estimate of drug-likeness (QED) is 0.645. The van der Waals surface area contributed by atoms with Gasteiger partial charge >= 0.3 is 0 Å². The Kier molecular flexibility index (Phi) is 6.46. The minimum Gasteiger partial charge on any atom is -0.353 e. The van der Waals surface area contributed by atoms with Crippen LogP contribution in [0.4, 0.5) is 0 Å². The largest absolute Gasteiger partial charge is 0.353 e. The molecule has 5 nitrogen and oxygen atoms in total. The summed E-state index contributed by atoms with van der Waals surface area (Å²) in [5, 5.41) is 4.87. The minimum atomic E-state index is -0.0779. The number of benzene rings is 1. The number of fused-ring (bicyclic) bond motifs is 1. The monoisotopic (exact) mass is 387 g/mol. The number of carbonyl (C=O) groups is 1. The fraction of sp³-hybridized carbons (Fsp3) is 0.316. The summed E-state index contributed by atoms with van der Waals surface area (Å²) in [4.78, 5) is 29.1. The van der Waals surface area contributed by atoms with Crippen molar-refractivity contribution < 1.29 is 4.79 Å². The zero-order chi connectivity index (χ0) is 18.4. The van der Waals surface area contributed by atoms with E-state index in [4.69, 9.17) is 0 Å². The Morgan fingerprint density at radius 3 is 2.96 bits per heavy atom. The smallest absolute Gasteiger partial charge is 0.258 e. The number of aromatic nitrogens is 2. The van der Waals surface area contributed by atoms with Crippen LogP contribution in [0.3, 0.4) is 0 Å². The molecule has 1 amide bonds. The molecule has 3 aromatic rings. The molecular weight excluding hydrogens is 366 g/mol. The van der Waals surface area contributed by atoms with Gasteiger partial charge in [0.2, 0.25) is 5.91 Å². The molecule has 0 saturated heterocycles. The molecule has 0 fully saturated rings. The van der Waals surface area contributed by atoms with Crippen LogP contribution in [-0.2, 0) is 17.0 Å². The van der Waals surface area contributed by atoms with E-state index < -0.39 is 0 Å². The summed E-state index contributed by atoms with van der Waals surface area (Å²) in [6, 6.07) is 11.9. The number of aryl methyl sites for hydroxylation is 1. The summed E-state index contributed by atoms with van der Waals surface area (Å²) < 4.78 is 1.53. The van der Waals surface area contributed by atoms with E-state index in [2.05, 4.69) is 22.4 Å². The Labute approximate surface area is 160 Å². The maximum Gasteiger partial charge on any atom is 0.258 e. The Morgan fingerprint density at radius 1 is 1.35 bits per heavy atom. The van der Waals surface area contributed by atoms with E-state index in [0.29, 0.717) is 22.2 Å². The van der Waals surface area contributed by atoms with Crippen LogP contribution in [0.2, 0.25) is 0 Å². The molecule has 26 heavy (non-hydrogen) atoms. The van der Waals surface area contributed by atoms with Crippen molar-refractivity contribution >= 4 is 34.0 Å². The molecule has 0 aliphatic heterocycles. The van der Waals surface area contributed by atoms with Crippen molar-refractivity contribution in [2.45, 2.75) is 31.6 Å². The molecule has 1 atom stereocenters. The third-order valence-corrected chi connectivity index (χ3v) is 5.68. The number of thioether (sulfide) groups is 1. The first kappa shape index (κ1) is 18.7. The second kappa shape index (κ2) is 9.00. The normalized spacial score (nSPS) is 12.2. The lowest BCUT2D eigenvalue weighted by atomic mass is 10.1. The molecular formula is C19H21N3O2S2. The van der Waals surface area contributed by atoms with E-state index >= 15 is 0 Å². The van der Waals surface area contributed by atoms with E-state index in [0.717, 1.165) is 12.8 Å². The van der Waals surface area contributed by atoms with Gasteiger partial charge in [0.1, 0.15) is 0 Å². The Morgan fingerprint density at radius 2 is 2.15 bits per heavy atom. The first-order valence-corrected chi connectivity index (χ1v) is 10.5. The topological polar surface area (TPSA) is 63.5 Å². The highest BCUT2D eigenvalue weighted by Crippen LogP contribution is 2.12. The minimum absolute atomic E-state index is 0.0180. The number of hydrogen-bond donors (Lipinski definition) is 1. The number of nitrogens with zero attached hydrogens (tertiary/aromatic N) is 2. The van der Waals surface area contributed by atoms with Crippen molar-refractivity contribution in [1.82, 2.24) is 14.7 Å². The number of rotatable bonds is 8. The van der Waals surface area contributed by atoms with Gasteiger partial charge in [0, 0.05) is 29.4 Å². The molecule has 0 unspecified atom stereocenters. The average Bonchev–Trinajstić information content (AvgIpc) is 3.10. The summed E-state index contributed by atoms with van der Waals surface area (Å²) in [6.07, 6.45) is 3.58. The highest BCUT2D eigenvalue weighted by molar-refractivity contribution is 7.99. The van der Waals surface area contributed by atoms with Gasteiger partial charge in [-0.3, -0.25) is 14.0 Å². The van der Waals surface area contributed by atoms with Gasteiger partial charge in [0.25, 0.3) is 5.56 Å². The van der Waals surface area contributed by atoms with Crippen LogP contribution in [0.15, 0.2) is 52.8 Å². The summed E-state index contributed by atoms with van der Waals surface area (Å²) in [6.45, 7) is 2.03. The predicted molar refractivity (Wildman–Crippen MR) is 108 cm³/mol. The molecule has 0 radical (unpaired) electrons. The Bertz CT molecular complexity index is 921. The average molecular weight is 388 g/mol. The lowest BCUT2D eigenvalue weighted by molar-refractivity contribution is -0.119. The summed E-state index contributed by atoms with van der Waals surface area (Å²) >= 11 is 2.90. The van der Waals surface area contributed by atoms with Gasteiger partial charge < -0.3 is 5.32 Å². The molecule has 136 valence electrons. The van der Waals surface area contributed by atoms with Gasteiger partial charge in [0.15, 0.2) is 4.96 Å². The lowest BCUT2D eigenvalue weighted by Crippen LogP contribution is -2.34. The molecule has 0 aliphatic carbocycles. The number of nitrogens with one attached hydrogen (secondary N) is 1. The first-order chi connectivity index (χ1) is 12.6. The molecule has 0 spiro atoms. The van der Waals surface area contributed by atoms with Crippen LogP contribution in [0.5, 0.6) is 0 Å². The summed E-state index contributed by atoms with van der Waals surface area (Å²) in [5.74, 6) is 0.931. The maximum absolute atomic E-state index is 12.1. The fourth-order valence-electron chi connectivity index (χ4n) is 2.63. The molecule has 0 saturated carbocycles. The molecule has 0 bridgehead atoms. The fourth-order valence-corrected chi connectivity index (χ4v) is 4.09. The lowest BCUT2D eigenvalue weighted by Gasteiger charge is -2.13. The highest BCUT2D eigenvalue weighted by Gasteiger charge is 2.09. The van der Waals surface area contributed by atoms with Crippen molar-refractivity contribution in [3.8, 4) is 0 Å². The molecule has 7 heteroatoms. The zero-order valence-electron chi connectivity index (χ0n) is 14.6. The number of amides is 1. The van der Waals surface area contributed by atoms with E-state index in [9.17, 15) is 9.59 Å². The van der Waals surface area contributed by atoms with E-state index in [1.807, 2.05) is 30.5 Å². The van der Waals surface area contributed by atoms with Gasteiger partial charge in [-0.1, -0.05) is 30.3 Å². The van der Waals surface area contributed by atoms with E-state index in [-0.39, 0.29) is 17.5 Å². The number of hydrogen-bond acceptors (Lipinski definition) is 5. The van der Waals surface area contributed by atoms with Crippen molar-refractivity contribution in [3.63, 3.8) is 0 Å². The van der Waals surface area contributed by atoms with Gasteiger partial charge in [0.05, 0.1) is 11.4 Å². The van der Waals surface area contributed by atoms with Gasteiger partial charge in [-0.15, -0.1) is 23.1 Å². The van der Waals surface area contributed by atoms with Crippen molar-refractivity contribution in [1.29, 1.82) is 0 Å². The number of carbonyl (C=O) groups excluding carboxylic acids is 1. The van der Waals surface area contributed by atoms with Crippen LogP contribution in [0.1, 0.15) is 24.6 Å². The molecule has 2 aromatic heterocycles. The van der Waals surface area contributed by atoms with Crippen molar-refractivity contribution in [2.24, 2.45) is 0 Å². The molecule has 3 rings (SSSR count). The number of thiazole rings is 1. The third kappa shape index (κ3) is 5.19. The van der Waals surface area contributed by atoms with Crippen molar-refractivity contribution in [3.05, 3.63) is 69.6 Å². The molecule has 1 aromatic carbocycles. The van der Waals surface area contributed by atoms with E-state index in [1.165, 1.54) is 39.1 Å². The Hall–Kier alpha value is -2.12. The second-order valence-electron chi connectivity index (χ2n) is 6.13. The first-order valence-electron chi connectivity index (χ1n) is 8.48. The molecule has 1 N–H and O–H groups in total. The highest BCUT2D eigenvalue weighted by atomic mass is 32.2. The molecule has 2 heterocycles.